The first-order chi connectivity index (χ1) is 9.70. The van der Waals surface area contributed by atoms with Gasteiger partial charge in [0.1, 0.15) is 0 Å². The number of hydrogen-bond donors (Lipinski definition) is 0. The molecule has 0 radical (unpaired) electrons. The minimum atomic E-state index is -5.09. The van der Waals surface area contributed by atoms with Crippen LogP contribution in [-0.4, -0.2) is 38.1 Å². The summed E-state index contributed by atoms with van der Waals surface area (Å²) in [7, 11) is -4.50. The van der Waals surface area contributed by atoms with Crippen molar-refractivity contribution in [3.8, 4) is 0 Å². The maximum atomic E-state index is 12.8. The van der Waals surface area contributed by atoms with Crippen molar-refractivity contribution in [2.45, 2.75) is 45.9 Å². The van der Waals surface area contributed by atoms with E-state index >= 15 is 0 Å². The monoisotopic (exact) mass is 336 g/mol. The lowest BCUT2D eigenvalue weighted by Crippen LogP contribution is -2.40. The molecule has 0 aromatic carbocycles. The Kier molecular flexibility index (Phi) is 9.12. The predicted octanol–water partition coefficient (Wildman–Crippen LogP) is 3.46. The number of alkyl halides is 3. The molecule has 0 aliphatic rings. The van der Waals surface area contributed by atoms with Gasteiger partial charge < -0.3 is 4.74 Å². The molecule has 0 aromatic rings. The molecule has 0 bridgehead atoms. The van der Waals surface area contributed by atoms with E-state index < -0.39 is 26.1 Å². The minimum Gasteiger partial charge on any atom is -0.464 e. The lowest BCUT2D eigenvalue weighted by molar-refractivity contribution is -0.215. The molecule has 10 heteroatoms. The minimum absolute atomic E-state index is 0.131. The van der Waals surface area contributed by atoms with Crippen molar-refractivity contribution < 1.29 is 40.8 Å². The van der Waals surface area contributed by atoms with Crippen LogP contribution in [0.25, 0.3) is 0 Å². The second-order valence-electron chi connectivity index (χ2n) is 3.89. The van der Waals surface area contributed by atoms with Crippen molar-refractivity contribution in [3.05, 3.63) is 0 Å². The third-order valence-electron chi connectivity index (χ3n) is 1.94. The highest BCUT2D eigenvalue weighted by atomic mass is 31.2. The van der Waals surface area contributed by atoms with Crippen molar-refractivity contribution in [2.75, 3.05) is 19.8 Å². The van der Waals surface area contributed by atoms with Gasteiger partial charge in [-0.15, -0.1) is 0 Å². The third-order valence-corrected chi connectivity index (χ3v) is 3.41. The Morgan fingerprint density at radius 1 is 1.10 bits per heavy atom. The van der Waals surface area contributed by atoms with Crippen LogP contribution in [-0.2, 0) is 27.7 Å². The summed E-state index contributed by atoms with van der Waals surface area (Å²) < 4.78 is 68.6. The van der Waals surface area contributed by atoms with E-state index in [1.165, 1.54) is 6.92 Å². The zero-order valence-corrected chi connectivity index (χ0v) is 13.0. The zero-order valence-electron chi connectivity index (χ0n) is 12.1. The number of carbonyl (C=O) groups is 1. The normalized spacial score (nSPS) is 14.0. The van der Waals surface area contributed by atoms with Crippen LogP contribution in [0.3, 0.4) is 0 Å². The van der Waals surface area contributed by atoms with Crippen LogP contribution in [0.4, 0.5) is 13.2 Å². The molecule has 0 fully saturated rings. The molecule has 1 unspecified atom stereocenters. The van der Waals surface area contributed by atoms with Gasteiger partial charge in [0.2, 0.25) is 0 Å². The van der Waals surface area contributed by atoms with Gasteiger partial charge in [-0.3, -0.25) is 13.6 Å². The van der Waals surface area contributed by atoms with E-state index in [0.717, 1.165) is 0 Å². The van der Waals surface area contributed by atoms with Gasteiger partial charge in [0.05, 0.1) is 19.8 Å². The van der Waals surface area contributed by atoms with E-state index in [-0.39, 0.29) is 19.8 Å². The lowest BCUT2D eigenvalue weighted by Gasteiger charge is -2.24. The van der Waals surface area contributed by atoms with Crippen molar-refractivity contribution in [1.82, 2.24) is 0 Å². The molecule has 0 aromatic heterocycles. The average molecular weight is 336 g/mol. The first-order valence-electron chi connectivity index (χ1n) is 6.51. The Morgan fingerprint density at radius 3 is 1.90 bits per heavy atom. The van der Waals surface area contributed by atoms with E-state index in [4.69, 9.17) is 9.05 Å². The first kappa shape index (κ1) is 20.4. The number of halogens is 3. The lowest BCUT2D eigenvalue weighted by atomic mass is 10.3. The summed E-state index contributed by atoms with van der Waals surface area (Å²) in [5.74, 6) is -1.69. The summed E-state index contributed by atoms with van der Waals surface area (Å²) in [4.78, 5) is 11.3. The number of rotatable bonds is 10. The molecule has 0 spiro atoms. The fourth-order valence-corrected chi connectivity index (χ4v) is 2.56. The molecule has 6 nitrogen and oxygen atoms in total. The van der Waals surface area contributed by atoms with Gasteiger partial charge in [-0.25, -0.2) is 9.36 Å². The van der Waals surface area contributed by atoms with Gasteiger partial charge in [0.25, 0.3) is 6.10 Å². The van der Waals surface area contributed by atoms with Gasteiger partial charge >= 0.3 is 20.0 Å². The van der Waals surface area contributed by atoms with Crippen LogP contribution < -0.4 is 0 Å². The number of hydrogen-bond acceptors (Lipinski definition) is 6. The molecule has 0 saturated heterocycles. The van der Waals surface area contributed by atoms with Crippen LogP contribution >= 0.6 is 7.82 Å². The maximum Gasteiger partial charge on any atom is 0.475 e. The van der Waals surface area contributed by atoms with E-state index in [1.807, 2.05) is 0 Å². The van der Waals surface area contributed by atoms with Gasteiger partial charge in [-0.05, 0) is 19.8 Å². The van der Waals surface area contributed by atoms with Crippen molar-refractivity contribution >= 4 is 13.8 Å². The van der Waals surface area contributed by atoms with Crippen LogP contribution in [0, 0.1) is 0 Å². The number of phosphoric acid groups is 1. The highest BCUT2D eigenvalue weighted by Gasteiger charge is 2.52. The smallest absolute Gasteiger partial charge is 0.464 e. The summed E-state index contributed by atoms with van der Waals surface area (Å²) in [5.41, 5.74) is 0. The molecular formula is C11H20F3O6P. The molecule has 21 heavy (non-hydrogen) atoms. The van der Waals surface area contributed by atoms with Gasteiger partial charge in [0, 0.05) is 0 Å². The Labute approximate surface area is 121 Å². The Balaban J connectivity index is 5.10. The molecule has 1 atom stereocenters. The Hall–Kier alpha value is -0.630. The summed E-state index contributed by atoms with van der Waals surface area (Å²) in [6, 6.07) is 0. The van der Waals surface area contributed by atoms with E-state index in [0.29, 0.717) is 12.8 Å². The topological polar surface area (TPSA) is 71.1 Å². The Morgan fingerprint density at radius 2 is 1.57 bits per heavy atom. The van der Waals surface area contributed by atoms with E-state index in [9.17, 15) is 22.5 Å². The fourth-order valence-electron chi connectivity index (χ4n) is 1.09. The first-order valence-corrected chi connectivity index (χ1v) is 7.97. The van der Waals surface area contributed by atoms with E-state index in [2.05, 4.69) is 9.26 Å². The molecule has 0 aliphatic heterocycles. The van der Waals surface area contributed by atoms with Gasteiger partial charge in [-0.1, -0.05) is 13.8 Å². The Bertz CT molecular complexity index is 348. The van der Waals surface area contributed by atoms with Crippen LogP contribution in [0.1, 0.15) is 33.6 Å². The number of phosphoric ester groups is 1. The van der Waals surface area contributed by atoms with E-state index in [1.54, 1.807) is 13.8 Å². The molecule has 0 rings (SSSR count). The molecule has 126 valence electrons. The number of carbonyl (C=O) groups excluding carboxylic acids is 1. The summed E-state index contributed by atoms with van der Waals surface area (Å²) in [5, 5.41) is 0. The number of ether oxygens (including phenoxy) is 1. The molecule has 0 N–H and O–H groups in total. The summed E-state index contributed by atoms with van der Waals surface area (Å²) in [6.45, 7) is 4.13. The molecular weight excluding hydrogens is 316 g/mol. The quantitative estimate of drug-likeness (QED) is 0.449. The molecule has 0 amide bonds. The fraction of sp³-hybridized carbons (Fsp3) is 0.909. The van der Waals surface area contributed by atoms with Crippen LogP contribution in [0.2, 0.25) is 0 Å². The molecule has 0 heterocycles. The summed E-state index contributed by atoms with van der Waals surface area (Å²) >= 11 is 0. The molecule has 0 saturated carbocycles. The SMILES string of the molecule is CCCOP(=O)(OCCC)OC(C(=O)OCC)C(F)(F)F. The second-order valence-corrected chi connectivity index (χ2v) is 5.51. The predicted molar refractivity (Wildman–Crippen MR) is 67.7 cm³/mol. The zero-order chi connectivity index (χ0) is 16.5. The maximum absolute atomic E-state index is 12.8. The second kappa shape index (κ2) is 9.40. The van der Waals surface area contributed by atoms with Crippen molar-refractivity contribution in [1.29, 1.82) is 0 Å². The third kappa shape index (κ3) is 7.80. The van der Waals surface area contributed by atoms with Crippen LogP contribution in [0.15, 0.2) is 0 Å². The summed E-state index contributed by atoms with van der Waals surface area (Å²) in [6.07, 6.45) is -7.33. The highest BCUT2D eigenvalue weighted by Crippen LogP contribution is 2.52. The van der Waals surface area contributed by atoms with Gasteiger partial charge in [0.15, 0.2) is 0 Å². The largest absolute Gasteiger partial charge is 0.475 e. The van der Waals surface area contributed by atoms with Crippen molar-refractivity contribution in [2.24, 2.45) is 0 Å². The van der Waals surface area contributed by atoms with Crippen molar-refractivity contribution in [3.63, 3.8) is 0 Å². The molecule has 0 aliphatic carbocycles. The standard InChI is InChI=1S/C11H20F3O6P/c1-4-7-18-21(16,19-8-5-2)20-9(11(12,13)14)10(15)17-6-3/h9H,4-8H2,1-3H3. The highest BCUT2D eigenvalue weighted by molar-refractivity contribution is 7.48. The average Bonchev–Trinajstić information content (AvgIpc) is 2.39. The van der Waals surface area contributed by atoms with Crippen LogP contribution in [0.5, 0.6) is 0 Å². The van der Waals surface area contributed by atoms with Gasteiger partial charge in [-0.2, -0.15) is 13.2 Å². The number of esters is 1.